The fraction of sp³-hybridized carbons (Fsp3) is 0.0800. The van der Waals surface area contributed by atoms with E-state index in [2.05, 4.69) is 15.0 Å². The van der Waals surface area contributed by atoms with E-state index in [1.54, 1.807) is 36.5 Å². The number of benzene rings is 3. The molecule has 2 N–H and O–H groups in total. The molecule has 4 aromatic rings. The van der Waals surface area contributed by atoms with Crippen LogP contribution >= 0.6 is 0 Å². The quantitative estimate of drug-likeness (QED) is 0.360. The number of anilines is 2. The number of aromatic nitrogens is 1. The number of hydrogen-bond donors (Lipinski definition) is 2. The number of carbonyl (C=O) groups excluding carboxylic acids is 2. The molecule has 0 atom stereocenters. The highest BCUT2D eigenvalue weighted by atomic mass is 32.2. The Morgan fingerprint density at radius 1 is 0.914 bits per heavy atom. The minimum atomic E-state index is -3.88. The Bertz CT molecular complexity index is 1470. The molecule has 0 aliphatic heterocycles. The maximum Gasteiger partial charge on any atom is 0.310 e. The van der Waals surface area contributed by atoms with Gasteiger partial charge in [0.05, 0.1) is 22.5 Å². The Hall–Kier alpha value is -4.31. The summed E-state index contributed by atoms with van der Waals surface area (Å²) in [4.78, 5) is 28.5. The van der Waals surface area contributed by atoms with Crippen molar-refractivity contribution in [2.24, 2.45) is 0 Å². The molecule has 178 valence electrons. The molecule has 0 radical (unpaired) electrons. The molecule has 0 bridgehead atoms. The van der Waals surface area contributed by atoms with Crippen molar-refractivity contribution in [1.82, 2.24) is 4.98 Å². The third-order valence-corrected chi connectivity index (χ3v) is 6.36. The van der Waals surface area contributed by atoms with Gasteiger partial charge in [-0.25, -0.2) is 12.8 Å². The second-order valence-electron chi connectivity index (χ2n) is 7.52. The third-order valence-electron chi connectivity index (χ3n) is 4.96. The average Bonchev–Trinajstić information content (AvgIpc) is 2.84. The number of carbonyl (C=O) groups is 2. The van der Waals surface area contributed by atoms with E-state index in [9.17, 15) is 22.4 Å². The number of rotatable bonds is 8. The average molecular weight is 494 g/mol. The number of nitrogens with one attached hydrogen (secondary N) is 2. The zero-order valence-electron chi connectivity index (χ0n) is 18.3. The van der Waals surface area contributed by atoms with Gasteiger partial charge in [-0.15, -0.1) is 0 Å². The van der Waals surface area contributed by atoms with Crippen molar-refractivity contribution < 1.29 is 27.1 Å². The number of halogens is 1. The van der Waals surface area contributed by atoms with Gasteiger partial charge in [-0.3, -0.25) is 19.3 Å². The summed E-state index contributed by atoms with van der Waals surface area (Å²) in [6, 6.07) is 19.5. The number of sulfonamides is 1. The van der Waals surface area contributed by atoms with Crippen LogP contribution in [0, 0.1) is 5.82 Å². The molecule has 8 nitrogen and oxygen atoms in total. The van der Waals surface area contributed by atoms with Gasteiger partial charge in [-0.1, -0.05) is 18.2 Å². The molecule has 1 heterocycles. The van der Waals surface area contributed by atoms with Crippen LogP contribution in [0.3, 0.4) is 0 Å². The standard InChI is InChI=1S/C25H20FN3O5S/c26-18-8-12-20(13-9-18)35(32,33)29-19-10-6-17(7-11-19)15-25(31)34-16-24(30)28-23-5-1-4-22-21(23)3-2-14-27-22/h1-14,29H,15-16H2,(H,28,30). The predicted molar refractivity (Wildman–Crippen MR) is 129 cm³/mol. The molecule has 0 aliphatic carbocycles. The minimum Gasteiger partial charge on any atom is -0.455 e. The largest absolute Gasteiger partial charge is 0.455 e. The minimum absolute atomic E-state index is 0.0791. The van der Waals surface area contributed by atoms with Crippen LogP contribution in [0.1, 0.15) is 5.56 Å². The van der Waals surface area contributed by atoms with Gasteiger partial charge in [0.15, 0.2) is 6.61 Å². The van der Waals surface area contributed by atoms with E-state index in [0.717, 1.165) is 35.2 Å². The van der Waals surface area contributed by atoms with Gasteiger partial charge in [-0.05, 0) is 66.2 Å². The first kappa shape index (κ1) is 23.8. The Morgan fingerprint density at radius 2 is 1.66 bits per heavy atom. The number of nitrogens with zero attached hydrogens (tertiary/aromatic N) is 1. The van der Waals surface area contributed by atoms with Crippen molar-refractivity contribution in [3.63, 3.8) is 0 Å². The highest BCUT2D eigenvalue weighted by molar-refractivity contribution is 7.92. The monoisotopic (exact) mass is 493 g/mol. The van der Waals surface area contributed by atoms with Gasteiger partial charge >= 0.3 is 5.97 Å². The van der Waals surface area contributed by atoms with Crippen LogP contribution < -0.4 is 10.0 Å². The van der Waals surface area contributed by atoms with E-state index in [1.807, 2.05) is 12.1 Å². The number of hydrogen-bond acceptors (Lipinski definition) is 6. The van der Waals surface area contributed by atoms with Crippen LogP contribution in [0.2, 0.25) is 0 Å². The van der Waals surface area contributed by atoms with Gasteiger partial charge in [0, 0.05) is 17.3 Å². The fourth-order valence-corrected chi connectivity index (χ4v) is 4.34. The van der Waals surface area contributed by atoms with Gasteiger partial charge in [0.25, 0.3) is 15.9 Å². The van der Waals surface area contributed by atoms with Crippen LogP contribution in [0.4, 0.5) is 15.8 Å². The first-order valence-electron chi connectivity index (χ1n) is 10.5. The number of esters is 1. The van der Waals surface area contributed by atoms with Gasteiger partial charge in [0.1, 0.15) is 5.82 Å². The summed E-state index contributed by atoms with van der Waals surface area (Å²) in [6.45, 7) is -0.453. The van der Waals surface area contributed by atoms with Crippen LogP contribution in [0.25, 0.3) is 10.9 Å². The molecule has 0 unspecified atom stereocenters. The number of pyridine rings is 1. The van der Waals surface area contributed by atoms with E-state index >= 15 is 0 Å². The summed E-state index contributed by atoms with van der Waals surface area (Å²) >= 11 is 0. The molecule has 4 rings (SSSR count). The van der Waals surface area contributed by atoms with Crippen LogP contribution in [-0.4, -0.2) is 31.9 Å². The molecule has 35 heavy (non-hydrogen) atoms. The third kappa shape index (κ3) is 6.18. The summed E-state index contributed by atoms with van der Waals surface area (Å²) < 4.78 is 45.2. The SMILES string of the molecule is O=C(COC(=O)Cc1ccc(NS(=O)(=O)c2ccc(F)cc2)cc1)Nc1cccc2ncccc12. The molecule has 1 aromatic heterocycles. The molecule has 3 aromatic carbocycles. The summed E-state index contributed by atoms with van der Waals surface area (Å²) in [7, 11) is -3.88. The topological polar surface area (TPSA) is 114 Å². The summed E-state index contributed by atoms with van der Waals surface area (Å²) in [5.41, 5.74) is 2.14. The highest BCUT2D eigenvalue weighted by Gasteiger charge is 2.15. The van der Waals surface area contributed by atoms with Crippen molar-refractivity contribution in [2.45, 2.75) is 11.3 Å². The van der Waals surface area contributed by atoms with Crippen molar-refractivity contribution >= 4 is 44.2 Å². The first-order valence-corrected chi connectivity index (χ1v) is 11.9. The molecular formula is C25H20FN3O5S. The summed E-state index contributed by atoms with van der Waals surface area (Å²) in [6.07, 6.45) is 1.55. The van der Waals surface area contributed by atoms with E-state index in [4.69, 9.17) is 4.74 Å². The molecular weight excluding hydrogens is 473 g/mol. The molecule has 0 spiro atoms. The summed E-state index contributed by atoms with van der Waals surface area (Å²) in [5, 5.41) is 3.48. The lowest BCUT2D eigenvalue weighted by atomic mass is 10.1. The molecule has 0 saturated heterocycles. The summed E-state index contributed by atoms with van der Waals surface area (Å²) in [5.74, 6) is -1.64. The molecule has 1 amide bonds. The van der Waals surface area contributed by atoms with E-state index in [0.29, 0.717) is 11.3 Å². The normalized spacial score (nSPS) is 11.1. The second kappa shape index (κ2) is 10.3. The lowest BCUT2D eigenvalue weighted by Crippen LogP contribution is -2.21. The molecule has 0 saturated carbocycles. The zero-order chi connectivity index (χ0) is 24.8. The van der Waals surface area contributed by atoms with E-state index < -0.39 is 34.3 Å². The molecule has 10 heteroatoms. The van der Waals surface area contributed by atoms with Crippen molar-refractivity contribution in [2.75, 3.05) is 16.6 Å². The van der Waals surface area contributed by atoms with Crippen LogP contribution in [-0.2, 0) is 30.8 Å². The van der Waals surface area contributed by atoms with Gasteiger partial charge in [0.2, 0.25) is 0 Å². The highest BCUT2D eigenvalue weighted by Crippen LogP contribution is 2.21. The Morgan fingerprint density at radius 3 is 2.40 bits per heavy atom. The zero-order valence-corrected chi connectivity index (χ0v) is 19.1. The van der Waals surface area contributed by atoms with E-state index in [1.165, 1.54) is 12.1 Å². The van der Waals surface area contributed by atoms with Crippen LogP contribution in [0.5, 0.6) is 0 Å². The Balaban J connectivity index is 1.29. The van der Waals surface area contributed by atoms with Gasteiger partial charge < -0.3 is 10.1 Å². The first-order chi connectivity index (χ1) is 16.8. The fourth-order valence-electron chi connectivity index (χ4n) is 3.28. The lowest BCUT2D eigenvalue weighted by Gasteiger charge is -2.10. The Labute approximate surface area is 200 Å². The second-order valence-corrected chi connectivity index (χ2v) is 9.20. The smallest absolute Gasteiger partial charge is 0.310 e. The molecule has 0 fully saturated rings. The maximum atomic E-state index is 13.0. The van der Waals surface area contributed by atoms with Crippen LogP contribution in [0.15, 0.2) is 90.0 Å². The van der Waals surface area contributed by atoms with E-state index in [-0.39, 0.29) is 17.0 Å². The number of fused-ring (bicyclic) bond motifs is 1. The molecule has 0 aliphatic rings. The van der Waals surface area contributed by atoms with Crippen molar-refractivity contribution in [3.05, 3.63) is 96.4 Å². The number of amides is 1. The maximum absolute atomic E-state index is 13.0. The van der Waals surface area contributed by atoms with Crippen molar-refractivity contribution in [1.29, 1.82) is 0 Å². The van der Waals surface area contributed by atoms with Crippen molar-refractivity contribution in [3.8, 4) is 0 Å². The lowest BCUT2D eigenvalue weighted by molar-refractivity contribution is -0.146. The number of ether oxygens (including phenoxy) is 1. The predicted octanol–water partition coefficient (Wildman–Crippen LogP) is 3.90. The Kier molecular flexibility index (Phi) is 7.02. The van der Waals surface area contributed by atoms with Gasteiger partial charge in [-0.2, -0.15) is 0 Å².